The Hall–Kier alpha value is -1.61. The van der Waals surface area contributed by atoms with Gasteiger partial charge in [-0.2, -0.15) is 5.10 Å². The molecule has 19 heavy (non-hydrogen) atoms. The molecule has 0 fully saturated rings. The highest BCUT2D eigenvalue weighted by Gasteiger charge is 2.27. The highest BCUT2D eigenvalue weighted by Crippen LogP contribution is 2.29. The summed E-state index contributed by atoms with van der Waals surface area (Å²) < 4.78 is 1.96. The lowest BCUT2D eigenvalue weighted by Crippen LogP contribution is -2.34. The molecular weight excluding hydrogens is 234 g/mol. The van der Waals surface area contributed by atoms with Crippen molar-refractivity contribution in [2.45, 2.75) is 46.2 Å². The number of nitrogens with zero attached hydrogens (tertiary/aromatic N) is 2. The smallest absolute Gasteiger partial charge is 0.0670 e. The van der Waals surface area contributed by atoms with E-state index in [-0.39, 0.29) is 0 Å². The van der Waals surface area contributed by atoms with Crippen molar-refractivity contribution < 1.29 is 0 Å². The van der Waals surface area contributed by atoms with Crippen LogP contribution in [0.25, 0.3) is 0 Å². The second kappa shape index (κ2) is 5.17. The largest absolute Gasteiger partial charge is 0.318 e. The van der Waals surface area contributed by atoms with E-state index in [0.717, 1.165) is 18.5 Å². The van der Waals surface area contributed by atoms with Crippen molar-refractivity contribution in [3.05, 3.63) is 52.8 Å². The molecular formula is C16H23N3. The van der Waals surface area contributed by atoms with Gasteiger partial charge in [-0.15, -0.1) is 0 Å². The first kappa shape index (κ1) is 13.8. The van der Waals surface area contributed by atoms with Gasteiger partial charge in [-0.25, -0.2) is 0 Å². The summed E-state index contributed by atoms with van der Waals surface area (Å²) in [6, 6.07) is 6.42. The molecule has 2 aromatic rings. The first-order valence-electron chi connectivity index (χ1n) is 6.84. The summed E-state index contributed by atoms with van der Waals surface area (Å²) >= 11 is 0. The first-order valence-corrected chi connectivity index (χ1v) is 6.84. The van der Waals surface area contributed by atoms with E-state index in [2.05, 4.69) is 57.2 Å². The molecule has 1 atom stereocenters. The number of rotatable bonds is 4. The van der Waals surface area contributed by atoms with Gasteiger partial charge < -0.3 is 5.73 Å². The van der Waals surface area contributed by atoms with E-state index in [1.54, 1.807) is 0 Å². The summed E-state index contributed by atoms with van der Waals surface area (Å²) in [5.74, 6) is 0. The van der Waals surface area contributed by atoms with E-state index in [0.29, 0.717) is 0 Å². The molecule has 1 aromatic heterocycles. The zero-order valence-electron chi connectivity index (χ0n) is 12.3. The minimum Gasteiger partial charge on any atom is -0.318 e. The molecule has 1 unspecified atom stereocenters. The number of benzene rings is 1. The number of aromatic nitrogens is 2. The molecule has 0 aliphatic rings. The minimum atomic E-state index is -0.498. The molecule has 0 bridgehead atoms. The molecule has 0 saturated carbocycles. The van der Waals surface area contributed by atoms with Crippen LogP contribution in [0.3, 0.4) is 0 Å². The summed E-state index contributed by atoms with van der Waals surface area (Å²) in [6.45, 7) is 9.34. The molecule has 3 heteroatoms. The molecule has 1 aromatic carbocycles. The van der Waals surface area contributed by atoms with Crippen molar-refractivity contribution in [3.63, 3.8) is 0 Å². The maximum Gasteiger partial charge on any atom is 0.0670 e. The fraction of sp³-hybridized carbons (Fsp3) is 0.438. The third-order valence-electron chi connectivity index (χ3n) is 3.64. The number of aryl methyl sites for hydroxylation is 3. The van der Waals surface area contributed by atoms with Crippen LogP contribution in [-0.4, -0.2) is 9.78 Å². The predicted octanol–water partition coefficient (Wildman–Crippen LogP) is 3.13. The molecule has 0 aliphatic heterocycles. The monoisotopic (exact) mass is 257 g/mol. The van der Waals surface area contributed by atoms with Gasteiger partial charge >= 0.3 is 0 Å². The topological polar surface area (TPSA) is 43.8 Å². The third kappa shape index (κ3) is 2.71. The Kier molecular flexibility index (Phi) is 3.76. The Labute approximate surface area is 115 Å². The SMILES string of the molecule is CCCn1cc(C(C)(N)c2cc(C)ccc2C)cn1. The molecule has 0 radical (unpaired) electrons. The molecule has 3 nitrogen and oxygen atoms in total. The fourth-order valence-electron chi connectivity index (χ4n) is 2.43. The van der Waals surface area contributed by atoms with Gasteiger partial charge in [-0.05, 0) is 38.3 Å². The number of hydrogen-bond acceptors (Lipinski definition) is 2. The Morgan fingerprint density at radius 2 is 2.05 bits per heavy atom. The zero-order valence-corrected chi connectivity index (χ0v) is 12.3. The summed E-state index contributed by atoms with van der Waals surface area (Å²) in [6.07, 6.45) is 5.02. The molecule has 2 rings (SSSR count). The van der Waals surface area contributed by atoms with Crippen molar-refractivity contribution in [3.8, 4) is 0 Å². The van der Waals surface area contributed by atoms with Gasteiger partial charge in [0.25, 0.3) is 0 Å². The van der Waals surface area contributed by atoms with Gasteiger partial charge in [0.05, 0.1) is 11.7 Å². The van der Waals surface area contributed by atoms with E-state index in [1.165, 1.54) is 16.7 Å². The maximum absolute atomic E-state index is 6.59. The minimum absolute atomic E-state index is 0.498. The predicted molar refractivity (Wildman–Crippen MR) is 79.1 cm³/mol. The van der Waals surface area contributed by atoms with E-state index in [4.69, 9.17) is 5.73 Å². The average molecular weight is 257 g/mol. The lowest BCUT2D eigenvalue weighted by molar-refractivity contribution is 0.584. The lowest BCUT2D eigenvalue weighted by Gasteiger charge is -2.26. The Morgan fingerprint density at radius 3 is 2.74 bits per heavy atom. The number of nitrogens with two attached hydrogens (primary N) is 1. The molecule has 102 valence electrons. The normalized spacial score (nSPS) is 14.4. The Balaban J connectivity index is 2.42. The van der Waals surface area contributed by atoms with Crippen molar-refractivity contribution in [1.29, 1.82) is 0 Å². The molecule has 2 N–H and O–H groups in total. The van der Waals surface area contributed by atoms with Crippen LogP contribution < -0.4 is 5.73 Å². The first-order chi connectivity index (χ1) is 8.95. The Morgan fingerprint density at radius 1 is 1.32 bits per heavy atom. The molecule has 1 heterocycles. The van der Waals surface area contributed by atoms with Crippen molar-refractivity contribution in [1.82, 2.24) is 9.78 Å². The molecule has 0 amide bonds. The van der Waals surface area contributed by atoms with E-state index >= 15 is 0 Å². The van der Waals surface area contributed by atoms with Crippen LogP contribution in [-0.2, 0) is 12.1 Å². The van der Waals surface area contributed by atoms with Gasteiger partial charge in [-0.1, -0.05) is 30.7 Å². The second-order valence-electron chi connectivity index (χ2n) is 5.51. The van der Waals surface area contributed by atoms with Crippen LogP contribution >= 0.6 is 0 Å². The van der Waals surface area contributed by atoms with Crippen LogP contribution in [0, 0.1) is 13.8 Å². The van der Waals surface area contributed by atoms with Crippen molar-refractivity contribution in [2.24, 2.45) is 5.73 Å². The highest BCUT2D eigenvalue weighted by atomic mass is 15.3. The van der Waals surface area contributed by atoms with Gasteiger partial charge in [0.1, 0.15) is 0 Å². The molecule has 0 spiro atoms. The molecule has 0 saturated heterocycles. The highest BCUT2D eigenvalue weighted by molar-refractivity contribution is 5.41. The average Bonchev–Trinajstić information content (AvgIpc) is 2.82. The van der Waals surface area contributed by atoms with Crippen molar-refractivity contribution in [2.75, 3.05) is 0 Å². The van der Waals surface area contributed by atoms with Crippen LogP contribution in [0.5, 0.6) is 0 Å². The fourth-order valence-corrected chi connectivity index (χ4v) is 2.43. The lowest BCUT2D eigenvalue weighted by atomic mass is 9.84. The summed E-state index contributed by atoms with van der Waals surface area (Å²) in [7, 11) is 0. The third-order valence-corrected chi connectivity index (χ3v) is 3.64. The Bertz CT molecular complexity index is 567. The summed E-state index contributed by atoms with van der Waals surface area (Å²) in [5.41, 5.74) is 10.8. The summed E-state index contributed by atoms with van der Waals surface area (Å²) in [5, 5.41) is 4.39. The maximum atomic E-state index is 6.59. The molecule has 0 aliphatic carbocycles. The van der Waals surface area contributed by atoms with Crippen LogP contribution in [0.2, 0.25) is 0 Å². The van der Waals surface area contributed by atoms with Gasteiger partial charge in [0.15, 0.2) is 0 Å². The second-order valence-corrected chi connectivity index (χ2v) is 5.51. The van der Waals surface area contributed by atoms with E-state index in [9.17, 15) is 0 Å². The van der Waals surface area contributed by atoms with Crippen molar-refractivity contribution >= 4 is 0 Å². The van der Waals surface area contributed by atoms with E-state index < -0.39 is 5.54 Å². The zero-order chi connectivity index (χ0) is 14.0. The van der Waals surface area contributed by atoms with Gasteiger partial charge in [0.2, 0.25) is 0 Å². The summed E-state index contributed by atoms with van der Waals surface area (Å²) in [4.78, 5) is 0. The van der Waals surface area contributed by atoms with Crippen LogP contribution in [0.15, 0.2) is 30.6 Å². The number of hydrogen-bond donors (Lipinski definition) is 1. The van der Waals surface area contributed by atoms with Gasteiger partial charge in [0, 0.05) is 18.3 Å². The van der Waals surface area contributed by atoms with E-state index in [1.807, 2.05) is 10.9 Å². The van der Waals surface area contributed by atoms with Crippen LogP contribution in [0.4, 0.5) is 0 Å². The standard InChI is InChI=1S/C16H23N3/c1-5-8-19-11-14(10-18-19)16(4,17)15-9-12(2)6-7-13(15)3/h6-7,9-11H,5,8,17H2,1-4H3. The van der Waals surface area contributed by atoms with Crippen LogP contribution in [0.1, 0.15) is 42.5 Å². The quantitative estimate of drug-likeness (QED) is 0.914. The van der Waals surface area contributed by atoms with Gasteiger partial charge in [-0.3, -0.25) is 4.68 Å².